The van der Waals surface area contributed by atoms with E-state index in [4.69, 9.17) is 11.6 Å². The first-order valence-electron chi connectivity index (χ1n) is 6.87. The van der Waals surface area contributed by atoms with E-state index in [9.17, 15) is 18.0 Å². The summed E-state index contributed by atoms with van der Waals surface area (Å²) in [5.41, 5.74) is -0.0254. The van der Waals surface area contributed by atoms with Gasteiger partial charge in [-0.3, -0.25) is 4.79 Å². The molecule has 0 aliphatic heterocycles. The summed E-state index contributed by atoms with van der Waals surface area (Å²) in [6, 6.07) is 12.6. The summed E-state index contributed by atoms with van der Waals surface area (Å²) in [5, 5.41) is 3.01. The number of ether oxygens (including phenoxy) is 1. The van der Waals surface area contributed by atoms with Gasteiger partial charge in [0.2, 0.25) is 5.91 Å². The second kappa shape index (κ2) is 8.30. The van der Waals surface area contributed by atoms with E-state index in [1.165, 1.54) is 30.0 Å². The Morgan fingerprint density at radius 2 is 1.79 bits per heavy atom. The van der Waals surface area contributed by atoms with Crippen LogP contribution in [0.1, 0.15) is 6.42 Å². The smallest absolute Gasteiger partial charge is 0.404 e. The van der Waals surface area contributed by atoms with Gasteiger partial charge in [0.05, 0.1) is 10.7 Å². The summed E-state index contributed by atoms with van der Waals surface area (Å²) in [6.45, 7) is 0. The zero-order valence-corrected chi connectivity index (χ0v) is 13.8. The van der Waals surface area contributed by atoms with Crippen LogP contribution in [0.25, 0.3) is 0 Å². The van der Waals surface area contributed by atoms with Gasteiger partial charge in [-0.25, -0.2) is 0 Å². The number of amides is 1. The summed E-state index contributed by atoms with van der Waals surface area (Å²) in [4.78, 5) is 12.8. The predicted molar refractivity (Wildman–Crippen MR) is 88.5 cm³/mol. The summed E-state index contributed by atoms with van der Waals surface area (Å²) in [6.07, 6.45) is -4.70. The van der Waals surface area contributed by atoms with E-state index in [1.807, 2.05) is 12.1 Å². The van der Waals surface area contributed by atoms with E-state index in [2.05, 4.69) is 10.1 Å². The SMILES string of the molecule is O=C(CCSc1ccccc1Cl)Nc1ccccc1OC(F)(F)F. The topological polar surface area (TPSA) is 38.3 Å². The minimum atomic E-state index is -4.82. The zero-order valence-electron chi connectivity index (χ0n) is 12.3. The van der Waals surface area contributed by atoms with Crippen molar-refractivity contribution in [2.75, 3.05) is 11.1 Å². The minimum Gasteiger partial charge on any atom is -0.404 e. The number of hydrogen-bond donors (Lipinski definition) is 1. The molecule has 2 aromatic rings. The fraction of sp³-hybridized carbons (Fsp3) is 0.188. The summed E-state index contributed by atoms with van der Waals surface area (Å²) < 4.78 is 40.9. The normalized spacial score (nSPS) is 11.2. The molecule has 8 heteroatoms. The minimum absolute atomic E-state index is 0.0254. The Bertz CT molecular complexity index is 710. The lowest BCUT2D eigenvalue weighted by Gasteiger charge is -2.13. The molecule has 2 rings (SSSR count). The Hall–Kier alpha value is -1.86. The van der Waals surface area contributed by atoms with Crippen LogP contribution >= 0.6 is 23.4 Å². The highest BCUT2D eigenvalue weighted by molar-refractivity contribution is 7.99. The molecule has 0 saturated heterocycles. The molecular formula is C16H13ClF3NO2S. The number of halogens is 4. The van der Waals surface area contributed by atoms with Crippen molar-refractivity contribution in [3.63, 3.8) is 0 Å². The Kier molecular flexibility index (Phi) is 6.39. The number of para-hydroxylation sites is 2. The standard InChI is InChI=1S/C16H13ClF3NO2S/c17-11-5-1-4-8-14(11)24-10-9-15(22)21-12-6-2-3-7-13(12)23-16(18,19)20/h1-8H,9-10H2,(H,21,22). The van der Waals surface area contributed by atoms with Crippen molar-refractivity contribution in [3.8, 4) is 5.75 Å². The lowest BCUT2D eigenvalue weighted by molar-refractivity contribution is -0.274. The van der Waals surface area contributed by atoms with Crippen LogP contribution in [-0.4, -0.2) is 18.0 Å². The average Bonchev–Trinajstić information content (AvgIpc) is 2.50. The van der Waals surface area contributed by atoms with Gasteiger partial charge in [0.1, 0.15) is 0 Å². The molecular weight excluding hydrogens is 363 g/mol. The number of rotatable bonds is 6. The molecule has 0 spiro atoms. The highest BCUT2D eigenvalue weighted by atomic mass is 35.5. The van der Waals surface area contributed by atoms with Gasteiger partial charge in [-0.1, -0.05) is 35.9 Å². The van der Waals surface area contributed by atoms with E-state index in [-0.39, 0.29) is 12.1 Å². The zero-order chi connectivity index (χ0) is 17.6. The van der Waals surface area contributed by atoms with Gasteiger partial charge >= 0.3 is 6.36 Å². The fourth-order valence-corrected chi connectivity index (χ4v) is 3.00. The Morgan fingerprint density at radius 1 is 1.12 bits per heavy atom. The maximum absolute atomic E-state index is 12.3. The molecule has 0 heterocycles. The monoisotopic (exact) mass is 375 g/mol. The molecule has 1 amide bonds. The number of carbonyl (C=O) groups is 1. The molecule has 0 unspecified atom stereocenters. The summed E-state index contributed by atoms with van der Waals surface area (Å²) in [7, 11) is 0. The van der Waals surface area contributed by atoms with Crippen molar-refractivity contribution in [2.45, 2.75) is 17.7 Å². The van der Waals surface area contributed by atoms with Gasteiger partial charge in [-0.2, -0.15) is 0 Å². The molecule has 0 aliphatic rings. The van der Waals surface area contributed by atoms with Crippen LogP contribution in [0.5, 0.6) is 5.75 Å². The van der Waals surface area contributed by atoms with Crippen LogP contribution in [0, 0.1) is 0 Å². The lowest BCUT2D eigenvalue weighted by atomic mass is 10.3. The number of hydrogen-bond acceptors (Lipinski definition) is 3. The van der Waals surface area contributed by atoms with Crippen molar-refractivity contribution < 1.29 is 22.7 Å². The van der Waals surface area contributed by atoms with E-state index in [0.717, 1.165) is 11.0 Å². The largest absolute Gasteiger partial charge is 0.573 e. The van der Waals surface area contributed by atoms with Gasteiger partial charge in [0.25, 0.3) is 0 Å². The third-order valence-electron chi connectivity index (χ3n) is 2.81. The van der Waals surface area contributed by atoms with E-state index in [0.29, 0.717) is 10.8 Å². The molecule has 0 saturated carbocycles. The quantitative estimate of drug-likeness (QED) is 0.691. The Morgan fingerprint density at radius 3 is 2.50 bits per heavy atom. The van der Waals surface area contributed by atoms with Crippen LogP contribution in [0.2, 0.25) is 5.02 Å². The van der Waals surface area contributed by atoms with Crippen LogP contribution in [0.3, 0.4) is 0 Å². The van der Waals surface area contributed by atoms with Gasteiger partial charge in [0, 0.05) is 17.1 Å². The molecule has 0 aromatic heterocycles. The first-order chi connectivity index (χ1) is 11.3. The van der Waals surface area contributed by atoms with Crippen molar-refractivity contribution >= 4 is 35.0 Å². The van der Waals surface area contributed by atoms with Crippen molar-refractivity contribution in [1.29, 1.82) is 0 Å². The number of thioether (sulfide) groups is 1. The average molecular weight is 376 g/mol. The number of nitrogens with one attached hydrogen (secondary N) is 1. The van der Waals surface area contributed by atoms with E-state index in [1.54, 1.807) is 12.1 Å². The Labute approximate surface area is 146 Å². The second-order valence-electron chi connectivity index (χ2n) is 4.62. The number of anilines is 1. The van der Waals surface area contributed by atoms with Crippen LogP contribution in [0.4, 0.5) is 18.9 Å². The van der Waals surface area contributed by atoms with Crippen LogP contribution in [-0.2, 0) is 4.79 Å². The predicted octanol–water partition coefficient (Wildman–Crippen LogP) is 5.36. The molecule has 0 bridgehead atoms. The fourth-order valence-electron chi connectivity index (χ4n) is 1.81. The van der Waals surface area contributed by atoms with Crippen molar-refractivity contribution in [3.05, 3.63) is 53.6 Å². The van der Waals surface area contributed by atoms with Crippen LogP contribution < -0.4 is 10.1 Å². The molecule has 1 N–H and O–H groups in total. The molecule has 0 atom stereocenters. The number of benzene rings is 2. The highest BCUT2D eigenvalue weighted by Crippen LogP contribution is 2.30. The molecule has 128 valence electrons. The molecule has 0 aliphatic carbocycles. The molecule has 24 heavy (non-hydrogen) atoms. The van der Waals surface area contributed by atoms with E-state index < -0.39 is 18.0 Å². The Balaban J connectivity index is 1.90. The summed E-state index contributed by atoms with van der Waals surface area (Å²) in [5.74, 6) is -0.414. The van der Waals surface area contributed by atoms with Gasteiger partial charge in [-0.15, -0.1) is 24.9 Å². The van der Waals surface area contributed by atoms with Crippen molar-refractivity contribution in [2.24, 2.45) is 0 Å². The third-order valence-corrected chi connectivity index (χ3v) is 4.33. The molecule has 0 radical (unpaired) electrons. The van der Waals surface area contributed by atoms with Gasteiger partial charge < -0.3 is 10.1 Å². The molecule has 0 fully saturated rings. The van der Waals surface area contributed by atoms with Crippen LogP contribution in [0.15, 0.2) is 53.4 Å². The number of alkyl halides is 3. The lowest BCUT2D eigenvalue weighted by Crippen LogP contribution is -2.19. The third kappa shape index (κ3) is 5.98. The van der Waals surface area contributed by atoms with Gasteiger partial charge in [0.15, 0.2) is 5.75 Å². The first kappa shape index (κ1) is 18.5. The maximum Gasteiger partial charge on any atom is 0.573 e. The molecule has 3 nitrogen and oxygen atoms in total. The van der Waals surface area contributed by atoms with Gasteiger partial charge in [-0.05, 0) is 24.3 Å². The highest BCUT2D eigenvalue weighted by Gasteiger charge is 2.32. The summed E-state index contributed by atoms with van der Waals surface area (Å²) >= 11 is 7.40. The van der Waals surface area contributed by atoms with Crippen molar-refractivity contribution in [1.82, 2.24) is 0 Å². The maximum atomic E-state index is 12.3. The second-order valence-corrected chi connectivity index (χ2v) is 6.16. The molecule has 2 aromatic carbocycles. The van der Waals surface area contributed by atoms with E-state index >= 15 is 0 Å². The number of carbonyl (C=O) groups excluding carboxylic acids is 1. The first-order valence-corrected chi connectivity index (χ1v) is 8.23.